The zero-order valence-electron chi connectivity index (χ0n) is 11.2. The van der Waals surface area contributed by atoms with Crippen LogP contribution in [0.25, 0.3) is 0 Å². The summed E-state index contributed by atoms with van der Waals surface area (Å²) in [6, 6.07) is 0. The average Bonchev–Trinajstić information content (AvgIpc) is 2.67. The first-order chi connectivity index (χ1) is 8.65. The lowest BCUT2D eigenvalue weighted by Crippen LogP contribution is -2.25. The summed E-state index contributed by atoms with van der Waals surface area (Å²) in [4.78, 5) is 11.6. The lowest BCUT2D eigenvalue weighted by atomic mass is 10.2. The van der Waals surface area contributed by atoms with Gasteiger partial charge in [0.2, 0.25) is 5.91 Å². The van der Waals surface area contributed by atoms with Crippen LogP contribution in [0.5, 0.6) is 0 Å². The van der Waals surface area contributed by atoms with Gasteiger partial charge in [-0.1, -0.05) is 37.8 Å². The third kappa shape index (κ3) is 5.08. The number of halogens is 1. The van der Waals surface area contributed by atoms with Crippen LogP contribution in [0.2, 0.25) is 5.02 Å². The van der Waals surface area contributed by atoms with Crippen molar-refractivity contribution < 1.29 is 4.79 Å². The van der Waals surface area contributed by atoms with Crippen molar-refractivity contribution >= 4 is 17.5 Å². The maximum Gasteiger partial charge on any atom is 0.221 e. The molecule has 0 atom stereocenters. The summed E-state index contributed by atoms with van der Waals surface area (Å²) >= 11 is 5.89. The Balaban J connectivity index is 2.15. The van der Waals surface area contributed by atoms with E-state index < -0.39 is 0 Å². The Labute approximate surface area is 114 Å². The molecule has 5 heteroatoms. The SMILES string of the molecule is CCCCCCNC(=O)CCn1ncc(Cl)c1C. The minimum atomic E-state index is 0.0810. The molecule has 0 aliphatic rings. The van der Waals surface area contributed by atoms with Crippen molar-refractivity contribution in [1.82, 2.24) is 15.1 Å². The molecule has 0 unspecified atom stereocenters. The topological polar surface area (TPSA) is 46.9 Å². The predicted molar refractivity (Wildman–Crippen MR) is 73.7 cm³/mol. The lowest BCUT2D eigenvalue weighted by molar-refractivity contribution is -0.121. The van der Waals surface area contributed by atoms with Crippen molar-refractivity contribution in [3.05, 3.63) is 16.9 Å². The fraction of sp³-hybridized carbons (Fsp3) is 0.692. The molecule has 1 aromatic rings. The molecule has 1 amide bonds. The number of carbonyl (C=O) groups excluding carboxylic acids is 1. The van der Waals surface area contributed by atoms with Gasteiger partial charge in [-0.25, -0.2) is 0 Å². The smallest absolute Gasteiger partial charge is 0.221 e. The van der Waals surface area contributed by atoms with Gasteiger partial charge in [0.1, 0.15) is 0 Å². The van der Waals surface area contributed by atoms with Crippen LogP contribution in [0.4, 0.5) is 0 Å². The normalized spacial score (nSPS) is 10.6. The van der Waals surface area contributed by atoms with E-state index in [1.54, 1.807) is 10.9 Å². The third-order valence-electron chi connectivity index (χ3n) is 2.95. The standard InChI is InChI=1S/C13H22ClN3O/c1-3-4-5-6-8-15-13(18)7-9-17-11(2)12(14)10-16-17/h10H,3-9H2,1-2H3,(H,15,18). The minimum Gasteiger partial charge on any atom is -0.356 e. The van der Waals surface area contributed by atoms with Gasteiger partial charge in [0.05, 0.1) is 23.5 Å². The molecule has 0 spiro atoms. The van der Waals surface area contributed by atoms with Crippen LogP contribution in [0.15, 0.2) is 6.20 Å². The number of amides is 1. The zero-order chi connectivity index (χ0) is 13.4. The maximum absolute atomic E-state index is 11.6. The lowest BCUT2D eigenvalue weighted by Gasteiger charge is -2.06. The van der Waals surface area contributed by atoms with Crippen LogP contribution in [0, 0.1) is 6.92 Å². The number of aryl methyl sites for hydroxylation is 1. The molecule has 0 aliphatic carbocycles. The summed E-state index contributed by atoms with van der Waals surface area (Å²) in [6.45, 7) is 5.44. The minimum absolute atomic E-state index is 0.0810. The summed E-state index contributed by atoms with van der Waals surface area (Å²) in [5, 5.41) is 7.69. The van der Waals surface area contributed by atoms with Crippen molar-refractivity contribution in [3.63, 3.8) is 0 Å². The summed E-state index contributed by atoms with van der Waals surface area (Å²) in [5.74, 6) is 0.0810. The highest BCUT2D eigenvalue weighted by molar-refractivity contribution is 6.31. The number of nitrogens with zero attached hydrogens (tertiary/aromatic N) is 2. The quantitative estimate of drug-likeness (QED) is 0.739. The highest BCUT2D eigenvalue weighted by Crippen LogP contribution is 2.13. The van der Waals surface area contributed by atoms with Gasteiger partial charge in [-0.15, -0.1) is 0 Å². The summed E-state index contributed by atoms with van der Waals surface area (Å²) in [5.41, 5.74) is 0.910. The Morgan fingerprint density at radius 2 is 2.22 bits per heavy atom. The molecule has 0 bridgehead atoms. The largest absolute Gasteiger partial charge is 0.356 e. The Bertz CT molecular complexity index is 376. The van der Waals surface area contributed by atoms with Gasteiger partial charge in [-0.05, 0) is 13.3 Å². The molecule has 1 rings (SSSR count). The molecule has 0 fully saturated rings. The second-order valence-corrected chi connectivity index (χ2v) is 4.87. The number of unbranched alkanes of at least 4 members (excludes halogenated alkanes) is 3. The van der Waals surface area contributed by atoms with E-state index in [9.17, 15) is 4.79 Å². The van der Waals surface area contributed by atoms with Crippen LogP contribution >= 0.6 is 11.6 Å². The first kappa shape index (κ1) is 15.0. The Morgan fingerprint density at radius 1 is 1.44 bits per heavy atom. The van der Waals surface area contributed by atoms with Crippen LogP contribution in [0.3, 0.4) is 0 Å². The van der Waals surface area contributed by atoms with Gasteiger partial charge in [0.15, 0.2) is 0 Å². The molecule has 1 N–H and O–H groups in total. The second-order valence-electron chi connectivity index (χ2n) is 4.46. The molecule has 4 nitrogen and oxygen atoms in total. The maximum atomic E-state index is 11.6. The van der Waals surface area contributed by atoms with E-state index in [0.717, 1.165) is 18.7 Å². The number of carbonyl (C=O) groups is 1. The molecular formula is C13H22ClN3O. The van der Waals surface area contributed by atoms with E-state index in [2.05, 4.69) is 17.3 Å². The highest BCUT2D eigenvalue weighted by atomic mass is 35.5. The number of rotatable bonds is 8. The Morgan fingerprint density at radius 3 is 2.83 bits per heavy atom. The van der Waals surface area contributed by atoms with Crippen molar-refractivity contribution in [2.45, 2.75) is 52.5 Å². The Hall–Kier alpha value is -1.03. The molecule has 1 aromatic heterocycles. The average molecular weight is 272 g/mol. The van der Waals surface area contributed by atoms with Gasteiger partial charge in [-0.3, -0.25) is 9.48 Å². The van der Waals surface area contributed by atoms with Crippen molar-refractivity contribution in [3.8, 4) is 0 Å². The van der Waals surface area contributed by atoms with E-state index in [1.807, 2.05) is 6.92 Å². The monoisotopic (exact) mass is 271 g/mol. The zero-order valence-corrected chi connectivity index (χ0v) is 12.0. The molecule has 0 aromatic carbocycles. The van der Waals surface area contributed by atoms with E-state index in [4.69, 9.17) is 11.6 Å². The summed E-state index contributed by atoms with van der Waals surface area (Å²) in [7, 11) is 0. The highest BCUT2D eigenvalue weighted by Gasteiger charge is 2.06. The third-order valence-corrected chi connectivity index (χ3v) is 3.32. The van der Waals surface area contributed by atoms with Gasteiger partial charge >= 0.3 is 0 Å². The number of hydrogen-bond donors (Lipinski definition) is 1. The van der Waals surface area contributed by atoms with E-state index in [0.29, 0.717) is 18.0 Å². The van der Waals surface area contributed by atoms with Gasteiger partial charge < -0.3 is 5.32 Å². The fourth-order valence-electron chi connectivity index (χ4n) is 1.72. The molecule has 0 saturated heterocycles. The Kier molecular flexibility index (Phi) is 6.80. The number of hydrogen-bond acceptors (Lipinski definition) is 2. The first-order valence-electron chi connectivity index (χ1n) is 6.59. The van der Waals surface area contributed by atoms with Crippen LogP contribution in [0.1, 0.15) is 44.7 Å². The fourth-order valence-corrected chi connectivity index (χ4v) is 1.87. The van der Waals surface area contributed by atoms with Crippen LogP contribution in [-0.2, 0) is 11.3 Å². The van der Waals surface area contributed by atoms with Gasteiger partial charge in [0.25, 0.3) is 0 Å². The molecular weight excluding hydrogens is 250 g/mol. The van der Waals surface area contributed by atoms with Crippen molar-refractivity contribution in [1.29, 1.82) is 0 Å². The van der Waals surface area contributed by atoms with E-state index in [1.165, 1.54) is 19.3 Å². The molecule has 1 heterocycles. The number of aromatic nitrogens is 2. The van der Waals surface area contributed by atoms with Crippen LogP contribution < -0.4 is 5.32 Å². The molecule has 0 saturated carbocycles. The molecule has 102 valence electrons. The van der Waals surface area contributed by atoms with Crippen LogP contribution in [-0.4, -0.2) is 22.2 Å². The molecule has 0 radical (unpaired) electrons. The van der Waals surface area contributed by atoms with Gasteiger partial charge in [0, 0.05) is 13.0 Å². The van der Waals surface area contributed by atoms with Crippen molar-refractivity contribution in [2.24, 2.45) is 0 Å². The summed E-state index contributed by atoms with van der Waals surface area (Å²) < 4.78 is 1.76. The van der Waals surface area contributed by atoms with Gasteiger partial charge in [-0.2, -0.15) is 5.10 Å². The predicted octanol–water partition coefficient (Wildman–Crippen LogP) is 2.93. The first-order valence-corrected chi connectivity index (χ1v) is 6.97. The summed E-state index contributed by atoms with van der Waals surface area (Å²) in [6.07, 6.45) is 6.76. The molecule has 0 aliphatic heterocycles. The van der Waals surface area contributed by atoms with Crippen molar-refractivity contribution in [2.75, 3.05) is 6.54 Å². The number of nitrogens with one attached hydrogen (secondary N) is 1. The van der Waals surface area contributed by atoms with E-state index in [-0.39, 0.29) is 5.91 Å². The second kappa shape index (κ2) is 8.14. The molecule has 18 heavy (non-hydrogen) atoms. The van der Waals surface area contributed by atoms with E-state index >= 15 is 0 Å².